The molecule has 0 heterocycles. The molecule has 2 aliphatic rings. The lowest BCUT2D eigenvalue weighted by Crippen LogP contribution is -2.40. The molecule has 4 nitrogen and oxygen atoms in total. The number of ketones is 1. The van der Waals surface area contributed by atoms with Crippen LogP contribution in [-0.2, 0) is 19.1 Å². The van der Waals surface area contributed by atoms with E-state index in [-0.39, 0.29) is 23.8 Å². The number of hydrogen-bond donors (Lipinski definition) is 0. The van der Waals surface area contributed by atoms with Crippen molar-refractivity contribution in [1.29, 1.82) is 0 Å². The summed E-state index contributed by atoms with van der Waals surface area (Å²) in [6.45, 7) is 8.53. The Hall–Kier alpha value is -1.32. The van der Waals surface area contributed by atoms with Crippen LogP contribution in [0.2, 0.25) is 0 Å². The quantitative estimate of drug-likeness (QED) is 0.740. The van der Waals surface area contributed by atoms with Crippen molar-refractivity contribution in [3.05, 3.63) is 11.8 Å². The van der Waals surface area contributed by atoms with Crippen LogP contribution in [0.4, 0.5) is 0 Å². The Bertz CT molecular complexity index is 480. The number of methoxy groups -OCH3 is 1. The van der Waals surface area contributed by atoms with E-state index in [2.05, 4.69) is 20.8 Å². The van der Waals surface area contributed by atoms with Crippen molar-refractivity contribution >= 4 is 11.8 Å². The van der Waals surface area contributed by atoms with Crippen LogP contribution in [-0.4, -0.2) is 25.0 Å². The van der Waals surface area contributed by atoms with E-state index in [1.807, 2.05) is 6.92 Å². The Morgan fingerprint density at radius 1 is 1.26 bits per heavy atom. The Morgan fingerprint density at radius 3 is 2.57 bits per heavy atom. The van der Waals surface area contributed by atoms with Gasteiger partial charge in [-0.25, -0.2) is 0 Å². The number of hydrogen-bond acceptors (Lipinski definition) is 4. The maximum atomic E-state index is 12.8. The molecular weight excluding hydrogens is 292 g/mol. The molecule has 1 saturated carbocycles. The monoisotopic (exact) mass is 322 g/mol. The van der Waals surface area contributed by atoms with Crippen LogP contribution in [0.25, 0.3) is 0 Å². The first-order chi connectivity index (χ1) is 10.8. The van der Waals surface area contributed by atoms with Crippen molar-refractivity contribution in [1.82, 2.24) is 0 Å². The van der Waals surface area contributed by atoms with Gasteiger partial charge in [0, 0.05) is 12.5 Å². The van der Waals surface area contributed by atoms with E-state index < -0.39 is 5.92 Å². The Labute approximate surface area is 139 Å². The first kappa shape index (κ1) is 18.0. The summed E-state index contributed by atoms with van der Waals surface area (Å²) in [6.07, 6.45) is 5.06. The molecule has 23 heavy (non-hydrogen) atoms. The molecule has 2 rings (SSSR count). The van der Waals surface area contributed by atoms with E-state index in [4.69, 9.17) is 9.47 Å². The molecule has 0 aliphatic heterocycles. The van der Waals surface area contributed by atoms with Gasteiger partial charge in [-0.15, -0.1) is 0 Å². The molecule has 5 atom stereocenters. The van der Waals surface area contributed by atoms with Gasteiger partial charge in [-0.2, -0.15) is 0 Å². The van der Waals surface area contributed by atoms with Crippen molar-refractivity contribution in [2.75, 3.05) is 7.11 Å². The summed E-state index contributed by atoms with van der Waals surface area (Å²) < 4.78 is 11.2. The summed E-state index contributed by atoms with van der Waals surface area (Å²) in [4.78, 5) is 24.4. The fraction of sp³-hybridized carbons (Fsp3) is 0.789. The topological polar surface area (TPSA) is 52.6 Å². The number of allylic oxidation sites excluding steroid dienone is 1. The molecule has 0 radical (unpaired) electrons. The number of rotatable bonds is 4. The summed E-state index contributed by atoms with van der Waals surface area (Å²) in [6, 6.07) is 0. The molecular formula is C19H30O4. The standard InChI is InChI=1S/C19H30O4/c1-11(2)15-7-6-12(3)8-16(15)23-19(21)18-13(4)9-14(20)10-17(18)22-5/h10-13,15-16,18H,6-9H2,1-5H3/t12-,13+,15+,16-,18-/m1/s1. The lowest BCUT2D eigenvalue weighted by molar-refractivity contribution is -0.163. The van der Waals surface area contributed by atoms with Crippen molar-refractivity contribution in [2.24, 2.45) is 29.6 Å². The molecule has 0 N–H and O–H groups in total. The van der Waals surface area contributed by atoms with Gasteiger partial charge in [0.1, 0.15) is 17.8 Å². The van der Waals surface area contributed by atoms with Crippen LogP contribution >= 0.6 is 0 Å². The lowest BCUT2D eigenvalue weighted by atomic mass is 9.75. The Kier molecular flexibility index (Phi) is 5.88. The van der Waals surface area contributed by atoms with Crippen LogP contribution in [0.15, 0.2) is 11.8 Å². The van der Waals surface area contributed by atoms with Crippen LogP contribution in [0, 0.1) is 29.6 Å². The second-order valence-corrected chi connectivity index (χ2v) is 7.68. The third-order valence-corrected chi connectivity index (χ3v) is 5.42. The van der Waals surface area contributed by atoms with Crippen LogP contribution < -0.4 is 0 Å². The first-order valence-corrected chi connectivity index (χ1v) is 8.82. The van der Waals surface area contributed by atoms with Gasteiger partial charge in [0.2, 0.25) is 0 Å². The second-order valence-electron chi connectivity index (χ2n) is 7.68. The summed E-state index contributed by atoms with van der Waals surface area (Å²) in [5, 5.41) is 0. The predicted octanol–water partition coefficient (Wildman–Crippen LogP) is 3.75. The first-order valence-electron chi connectivity index (χ1n) is 8.82. The normalized spacial score (nSPS) is 35.0. The summed E-state index contributed by atoms with van der Waals surface area (Å²) >= 11 is 0. The van der Waals surface area contributed by atoms with E-state index >= 15 is 0 Å². The Balaban J connectivity index is 2.12. The molecule has 0 bridgehead atoms. The molecule has 0 aromatic heterocycles. The minimum Gasteiger partial charge on any atom is -0.500 e. The minimum absolute atomic E-state index is 0.0183. The van der Waals surface area contributed by atoms with Gasteiger partial charge in [-0.3, -0.25) is 9.59 Å². The van der Waals surface area contributed by atoms with Gasteiger partial charge in [0.15, 0.2) is 5.78 Å². The third-order valence-electron chi connectivity index (χ3n) is 5.42. The van der Waals surface area contributed by atoms with Crippen molar-refractivity contribution in [3.63, 3.8) is 0 Å². The summed E-state index contributed by atoms with van der Waals surface area (Å²) in [7, 11) is 1.51. The van der Waals surface area contributed by atoms with Gasteiger partial charge in [-0.1, -0.05) is 34.1 Å². The maximum absolute atomic E-state index is 12.8. The molecule has 0 spiro atoms. The van der Waals surface area contributed by atoms with Crippen molar-refractivity contribution < 1.29 is 19.1 Å². The molecule has 1 fully saturated rings. The average Bonchev–Trinajstić information content (AvgIpc) is 2.45. The molecule has 0 aromatic carbocycles. The van der Waals surface area contributed by atoms with Crippen molar-refractivity contribution in [3.8, 4) is 0 Å². The summed E-state index contributed by atoms with van der Waals surface area (Å²) in [5.41, 5.74) is 0. The van der Waals surface area contributed by atoms with Gasteiger partial charge >= 0.3 is 5.97 Å². The second kappa shape index (κ2) is 7.50. The van der Waals surface area contributed by atoms with Gasteiger partial charge < -0.3 is 9.47 Å². The van der Waals surface area contributed by atoms with E-state index in [9.17, 15) is 9.59 Å². The highest BCUT2D eigenvalue weighted by Crippen LogP contribution is 2.37. The fourth-order valence-electron chi connectivity index (χ4n) is 4.03. The van der Waals surface area contributed by atoms with Crippen LogP contribution in [0.1, 0.15) is 53.4 Å². The predicted molar refractivity (Wildman–Crippen MR) is 88.6 cm³/mol. The molecule has 0 aromatic rings. The highest BCUT2D eigenvalue weighted by molar-refractivity contribution is 5.93. The molecule has 130 valence electrons. The summed E-state index contributed by atoms with van der Waals surface area (Å²) in [5.74, 6) is 1.21. The molecule has 0 saturated heterocycles. The van der Waals surface area contributed by atoms with Crippen LogP contribution in [0.5, 0.6) is 0 Å². The lowest BCUT2D eigenvalue weighted by Gasteiger charge is -2.38. The maximum Gasteiger partial charge on any atom is 0.317 e. The molecule has 0 amide bonds. The zero-order chi connectivity index (χ0) is 17.1. The minimum atomic E-state index is -0.456. The molecule has 4 heteroatoms. The highest BCUT2D eigenvalue weighted by atomic mass is 16.5. The number of carbonyl (C=O) groups excluding carboxylic acids is 2. The average molecular weight is 322 g/mol. The van der Waals surface area contributed by atoms with E-state index in [0.29, 0.717) is 29.9 Å². The number of ether oxygens (including phenoxy) is 2. The third kappa shape index (κ3) is 4.15. The van der Waals surface area contributed by atoms with E-state index in [0.717, 1.165) is 12.8 Å². The van der Waals surface area contributed by atoms with E-state index in [1.165, 1.54) is 19.6 Å². The fourth-order valence-corrected chi connectivity index (χ4v) is 4.03. The smallest absolute Gasteiger partial charge is 0.317 e. The SMILES string of the molecule is COC1=CC(=O)C[C@H](C)[C@H]1C(=O)O[C@@H]1C[C@H](C)CC[C@H]1C(C)C. The zero-order valence-corrected chi connectivity index (χ0v) is 15.0. The van der Waals surface area contributed by atoms with Gasteiger partial charge in [0.05, 0.1) is 7.11 Å². The Morgan fingerprint density at radius 2 is 1.96 bits per heavy atom. The zero-order valence-electron chi connectivity index (χ0n) is 15.0. The van der Waals surface area contributed by atoms with E-state index in [1.54, 1.807) is 0 Å². The highest BCUT2D eigenvalue weighted by Gasteiger charge is 2.40. The van der Waals surface area contributed by atoms with Crippen molar-refractivity contribution in [2.45, 2.75) is 59.5 Å². The van der Waals surface area contributed by atoms with Crippen LogP contribution in [0.3, 0.4) is 0 Å². The molecule has 0 unspecified atom stereocenters. The number of esters is 1. The molecule has 2 aliphatic carbocycles. The largest absolute Gasteiger partial charge is 0.500 e. The number of carbonyl (C=O) groups is 2. The van der Waals surface area contributed by atoms with Gasteiger partial charge in [0.25, 0.3) is 0 Å². The van der Waals surface area contributed by atoms with Gasteiger partial charge in [-0.05, 0) is 36.5 Å².